The molecule has 0 aromatic rings. The van der Waals surface area contributed by atoms with Crippen molar-refractivity contribution in [3.8, 4) is 0 Å². The highest BCUT2D eigenvalue weighted by molar-refractivity contribution is 4.39. The van der Waals surface area contributed by atoms with Gasteiger partial charge in [-0.05, 0) is 26.4 Å². The minimum atomic E-state index is 0.726. The lowest BCUT2D eigenvalue weighted by molar-refractivity contribution is 0.0473. The molecule has 1 N–H and O–H groups in total. The van der Waals surface area contributed by atoms with Crippen LogP contribution in [0.15, 0.2) is 0 Å². The van der Waals surface area contributed by atoms with Crippen molar-refractivity contribution >= 4 is 0 Å². The summed E-state index contributed by atoms with van der Waals surface area (Å²) in [5.74, 6) is 0. The summed E-state index contributed by atoms with van der Waals surface area (Å²) in [4.78, 5) is 0. The van der Waals surface area contributed by atoms with Crippen LogP contribution in [0.25, 0.3) is 0 Å². The zero-order valence-corrected chi connectivity index (χ0v) is 8.27. The van der Waals surface area contributed by atoms with Crippen molar-refractivity contribution in [1.82, 2.24) is 5.32 Å². The fraction of sp³-hybridized carbons (Fsp3) is 1.00. The van der Waals surface area contributed by atoms with E-state index < -0.39 is 0 Å². The Kier molecular flexibility index (Phi) is 10.8. The largest absolute Gasteiger partial charge is 0.379 e. The molecule has 0 aliphatic carbocycles. The zero-order valence-electron chi connectivity index (χ0n) is 8.27. The number of nitrogens with one attached hydrogen (secondary N) is 1. The van der Waals surface area contributed by atoms with Crippen LogP contribution in [0.4, 0.5) is 0 Å². The van der Waals surface area contributed by atoms with E-state index in [0.717, 1.165) is 45.8 Å². The van der Waals surface area contributed by atoms with E-state index in [1.807, 2.05) is 7.05 Å². The Morgan fingerprint density at radius 1 is 1.00 bits per heavy atom. The number of rotatable bonds is 9. The highest BCUT2D eigenvalue weighted by Crippen LogP contribution is 1.83. The molecule has 74 valence electrons. The first kappa shape index (κ1) is 11.9. The maximum absolute atomic E-state index is 5.32. The fourth-order valence-corrected chi connectivity index (χ4v) is 0.817. The standard InChI is InChI=1S/C9H21NO2/c1-3-6-11-8-9-12-7-4-5-10-2/h10H,3-9H2,1-2H3. The molecule has 0 aromatic heterocycles. The summed E-state index contributed by atoms with van der Waals surface area (Å²) in [6, 6.07) is 0. The molecule has 0 rings (SSSR count). The second-order valence-electron chi connectivity index (χ2n) is 2.68. The molecule has 0 amide bonds. The average molecular weight is 175 g/mol. The van der Waals surface area contributed by atoms with E-state index in [9.17, 15) is 0 Å². The summed E-state index contributed by atoms with van der Waals surface area (Å²) in [6.07, 6.45) is 2.16. The van der Waals surface area contributed by atoms with Crippen molar-refractivity contribution in [2.24, 2.45) is 0 Å². The molecule has 0 bridgehead atoms. The molecule has 0 unspecified atom stereocenters. The smallest absolute Gasteiger partial charge is 0.0700 e. The molecule has 12 heavy (non-hydrogen) atoms. The molecule has 0 aromatic carbocycles. The minimum absolute atomic E-state index is 0.726. The summed E-state index contributed by atoms with van der Waals surface area (Å²) < 4.78 is 10.6. The van der Waals surface area contributed by atoms with Gasteiger partial charge in [0, 0.05) is 13.2 Å². The van der Waals surface area contributed by atoms with E-state index in [1.54, 1.807) is 0 Å². The van der Waals surface area contributed by atoms with Gasteiger partial charge in [0.1, 0.15) is 0 Å². The summed E-state index contributed by atoms with van der Waals surface area (Å²) in [5, 5.41) is 3.07. The van der Waals surface area contributed by atoms with Gasteiger partial charge < -0.3 is 14.8 Å². The van der Waals surface area contributed by atoms with Crippen LogP contribution < -0.4 is 5.32 Å². The van der Waals surface area contributed by atoms with Gasteiger partial charge in [0.15, 0.2) is 0 Å². The predicted molar refractivity (Wildman–Crippen MR) is 50.5 cm³/mol. The van der Waals surface area contributed by atoms with Gasteiger partial charge >= 0.3 is 0 Å². The van der Waals surface area contributed by atoms with Crippen molar-refractivity contribution in [2.75, 3.05) is 40.0 Å². The van der Waals surface area contributed by atoms with E-state index >= 15 is 0 Å². The summed E-state index contributed by atoms with van der Waals surface area (Å²) in [7, 11) is 1.95. The quantitative estimate of drug-likeness (QED) is 0.531. The number of hydrogen-bond donors (Lipinski definition) is 1. The topological polar surface area (TPSA) is 30.5 Å². The Hall–Kier alpha value is -0.120. The Bertz CT molecular complexity index is 68.9. The van der Waals surface area contributed by atoms with Gasteiger partial charge in [0.05, 0.1) is 13.2 Å². The van der Waals surface area contributed by atoms with Crippen LogP contribution in [-0.2, 0) is 9.47 Å². The molecular formula is C9H21NO2. The van der Waals surface area contributed by atoms with Crippen LogP contribution in [0.1, 0.15) is 19.8 Å². The second-order valence-corrected chi connectivity index (χ2v) is 2.68. The Morgan fingerprint density at radius 2 is 1.67 bits per heavy atom. The average Bonchev–Trinajstić information content (AvgIpc) is 2.10. The number of hydrogen-bond acceptors (Lipinski definition) is 3. The minimum Gasteiger partial charge on any atom is -0.379 e. The van der Waals surface area contributed by atoms with Crippen LogP contribution in [0.2, 0.25) is 0 Å². The van der Waals surface area contributed by atoms with E-state index in [-0.39, 0.29) is 0 Å². The first-order valence-electron chi connectivity index (χ1n) is 4.72. The van der Waals surface area contributed by atoms with Crippen LogP contribution in [0, 0.1) is 0 Å². The summed E-state index contributed by atoms with van der Waals surface area (Å²) in [6.45, 7) is 6.26. The summed E-state index contributed by atoms with van der Waals surface area (Å²) >= 11 is 0. The second kappa shape index (κ2) is 10.9. The fourth-order valence-electron chi connectivity index (χ4n) is 0.817. The van der Waals surface area contributed by atoms with Crippen molar-refractivity contribution in [3.05, 3.63) is 0 Å². The first-order valence-corrected chi connectivity index (χ1v) is 4.72. The lowest BCUT2D eigenvalue weighted by atomic mass is 10.4. The lowest BCUT2D eigenvalue weighted by Gasteiger charge is -2.04. The van der Waals surface area contributed by atoms with Gasteiger partial charge in [-0.1, -0.05) is 6.92 Å². The van der Waals surface area contributed by atoms with Gasteiger partial charge in [-0.25, -0.2) is 0 Å². The van der Waals surface area contributed by atoms with Crippen molar-refractivity contribution in [1.29, 1.82) is 0 Å². The predicted octanol–water partition coefficient (Wildman–Crippen LogP) is 1.04. The molecule has 3 nitrogen and oxygen atoms in total. The van der Waals surface area contributed by atoms with E-state index in [4.69, 9.17) is 9.47 Å². The van der Waals surface area contributed by atoms with Crippen LogP contribution >= 0.6 is 0 Å². The highest BCUT2D eigenvalue weighted by Gasteiger charge is 1.88. The van der Waals surface area contributed by atoms with E-state index in [0.29, 0.717) is 0 Å². The lowest BCUT2D eigenvalue weighted by Crippen LogP contribution is -2.12. The summed E-state index contributed by atoms with van der Waals surface area (Å²) in [5.41, 5.74) is 0. The van der Waals surface area contributed by atoms with Crippen molar-refractivity contribution < 1.29 is 9.47 Å². The molecule has 3 heteroatoms. The zero-order chi connectivity index (χ0) is 9.07. The van der Waals surface area contributed by atoms with Gasteiger partial charge in [0.2, 0.25) is 0 Å². The highest BCUT2D eigenvalue weighted by atomic mass is 16.5. The maximum atomic E-state index is 5.32. The third-order valence-corrected chi connectivity index (χ3v) is 1.44. The molecule has 0 radical (unpaired) electrons. The number of ether oxygens (including phenoxy) is 2. The first-order chi connectivity index (χ1) is 5.91. The van der Waals surface area contributed by atoms with Crippen molar-refractivity contribution in [2.45, 2.75) is 19.8 Å². The van der Waals surface area contributed by atoms with Gasteiger partial charge in [-0.15, -0.1) is 0 Å². The Morgan fingerprint density at radius 3 is 2.25 bits per heavy atom. The van der Waals surface area contributed by atoms with Crippen molar-refractivity contribution in [3.63, 3.8) is 0 Å². The molecule has 0 spiro atoms. The van der Waals surface area contributed by atoms with Crippen LogP contribution in [0.3, 0.4) is 0 Å². The van der Waals surface area contributed by atoms with Gasteiger partial charge in [-0.2, -0.15) is 0 Å². The van der Waals surface area contributed by atoms with Crippen LogP contribution in [0.5, 0.6) is 0 Å². The third-order valence-electron chi connectivity index (χ3n) is 1.44. The molecule has 0 atom stereocenters. The Balaban J connectivity index is 2.73. The van der Waals surface area contributed by atoms with E-state index in [2.05, 4.69) is 12.2 Å². The molecule has 0 fully saturated rings. The van der Waals surface area contributed by atoms with Gasteiger partial charge in [0.25, 0.3) is 0 Å². The molecular weight excluding hydrogens is 154 g/mol. The van der Waals surface area contributed by atoms with Gasteiger partial charge in [-0.3, -0.25) is 0 Å². The molecule has 0 aliphatic rings. The Labute approximate surface area is 75.4 Å². The molecule has 0 saturated carbocycles. The third kappa shape index (κ3) is 9.88. The SMILES string of the molecule is CCCOCCOCCCNC. The molecule has 0 aliphatic heterocycles. The van der Waals surface area contributed by atoms with Crippen LogP contribution in [-0.4, -0.2) is 40.0 Å². The molecule has 0 heterocycles. The maximum Gasteiger partial charge on any atom is 0.0700 e. The molecule has 0 saturated heterocycles. The van der Waals surface area contributed by atoms with E-state index in [1.165, 1.54) is 0 Å². The normalized spacial score (nSPS) is 10.5. The monoisotopic (exact) mass is 175 g/mol.